The van der Waals surface area contributed by atoms with Gasteiger partial charge in [-0.2, -0.15) is 0 Å². The summed E-state index contributed by atoms with van der Waals surface area (Å²) in [4.78, 5) is 37.2. The number of ether oxygens (including phenoxy) is 1. The van der Waals surface area contributed by atoms with E-state index in [1.807, 2.05) is 27.7 Å². The third-order valence-corrected chi connectivity index (χ3v) is 6.23. The Bertz CT molecular complexity index is 1030. The summed E-state index contributed by atoms with van der Waals surface area (Å²) in [5.41, 5.74) is 1.06. The Kier molecular flexibility index (Phi) is 4.99. The Morgan fingerprint density at radius 2 is 1.45 bits per heavy atom. The second kappa shape index (κ2) is 7.29. The molecule has 0 N–H and O–H groups in total. The average molecular weight is 421 g/mol. The van der Waals surface area contributed by atoms with Gasteiger partial charge in [0, 0.05) is 48.8 Å². The molecule has 0 spiro atoms. The second-order valence-electron chi connectivity index (χ2n) is 10.3. The number of hydrogen-bond acceptors (Lipinski definition) is 5. The highest BCUT2D eigenvalue weighted by atomic mass is 16.6. The van der Waals surface area contributed by atoms with Gasteiger partial charge >= 0.3 is 0 Å². The Labute approximate surface area is 181 Å². The van der Waals surface area contributed by atoms with Crippen molar-refractivity contribution in [1.29, 1.82) is 0 Å². The van der Waals surface area contributed by atoms with E-state index in [-0.39, 0.29) is 28.1 Å². The molecule has 4 rings (SSSR count). The number of para-hydroxylation sites is 1. The molecule has 1 aliphatic heterocycles. The summed E-state index contributed by atoms with van der Waals surface area (Å²) >= 11 is 0. The minimum atomic E-state index is -0.536. The van der Waals surface area contributed by atoms with Crippen molar-refractivity contribution in [3.05, 3.63) is 68.7 Å². The van der Waals surface area contributed by atoms with Crippen LogP contribution in [0.5, 0.6) is 0 Å². The normalized spacial score (nSPS) is 23.0. The summed E-state index contributed by atoms with van der Waals surface area (Å²) in [6, 6.07) is 6.46. The third kappa shape index (κ3) is 3.99. The topological polar surface area (TPSA) is 86.5 Å². The summed E-state index contributed by atoms with van der Waals surface area (Å²) in [5.74, 6) is 0.705. The van der Waals surface area contributed by atoms with Gasteiger partial charge in [0.05, 0.1) is 10.5 Å². The maximum absolute atomic E-state index is 13.1. The number of ketones is 2. The van der Waals surface area contributed by atoms with Crippen LogP contribution in [0.2, 0.25) is 0 Å². The van der Waals surface area contributed by atoms with E-state index >= 15 is 0 Å². The molecule has 3 aliphatic rings. The lowest BCUT2D eigenvalue weighted by Gasteiger charge is -2.42. The van der Waals surface area contributed by atoms with Crippen molar-refractivity contribution in [3.63, 3.8) is 0 Å². The first-order chi connectivity index (χ1) is 14.5. The van der Waals surface area contributed by atoms with Crippen LogP contribution in [0.3, 0.4) is 0 Å². The molecule has 0 bridgehead atoms. The number of rotatable bonds is 3. The molecule has 1 aromatic rings. The van der Waals surface area contributed by atoms with Gasteiger partial charge in [0.1, 0.15) is 11.5 Å². The number of nitro groups is 1. The zero-order valence-electron chi connectivity index (χ0n) is 18.4. The number of nitro benzene ring substituents is 1. The van der Waals surface area contributed by atoms with Crippen LogP contribution in [-0.4, -0.2) is 16.5 Å². The van der Waals surface area contributed by atoms with Gasteiger partial charge in [0.15, 0.2) is 11.6 Å². The monoisotopic (exact) mass is 421 g/mol. The zero-order valence-corrected chi connectivity index (χ0v) is 18.4. The molecular formula is C25H27NO5. The van der Waals surface area contributed by atoms with E-state index in [1.54, 1.807) is 30.4 Å². The highest BCUT2D eigenvalue weighted by Gasteiger charge is 2.46. The summed E-state index contributed by atoms with van der Waals surface area (Å²) in [7, 11) is 0. The van der Waals surface area contributed by atoms with Crippen LogP contribution in [0.4, 0.5) is 5.69 Å². The molecule has 0 unspecified atom stereocenters. The fraction of sp³-hybridized carbons (Fsp3) is 0.440. The molecular weight excluding hydrogens is 394 g/mol. The van der Waals surface area contributed by atoms with Gasteiger partial charge < -0.3 is 4.74 Å². The smallest absolute Gasteiger partial charge is 0.276 e. The highest BCUT2D eigenvalue weighted by Crippen LogP contribution is 2.50. The standard InChI is InChI=1S/C25H27NO5/c1-24(2)11-18(27)22-16(10-9-15-7-5-6-8-17(15)26(29)30)23-19(28)12-25(3,4)14-21(23)31-20(22)13-24/h5-10,16H,11-14H2,1-4H3/b10-9+. The van der Waals surface area contributed by atoms with Gasteiger partial charge in [-0.1, -0.05) is 52.0 Å². The van der Waals surface area contributed by atoms with E-state index in [0.29, 0.717) is 53.9 Å². The van der Waals surface area contributed by atoms with Crippen LogP contribution in [0, 0.1) is 26.9 Å². The van der Waals surface area contributed by atoms with Gasteiger partial charge in [-0.05, 0) is 16.9 Å². The van der Waals surface area contributed by atoms with Crippen LogP contribution in [0.1, 0.15) is 58.9 Å². The number of hydrogen-bond donors (Lipinski definition) is 0. The molecule has 1 aromatic carbocycles. The lowest BCUT2D eigenvalue weighted by Crippen LogP contribution is -2.37. The SMILES string of the molecule is CC1(C)CC(=O)C2=C(C1)OC1=C(C(=O)CC(C)(C)C1)C2/C=C/c1ccccc1[N+](=O)[O-]. The quantitative estimate of drug-likeness (QED) is 0.472. The predicted octanol–water partition coefficient (Wildman–Crippen LogP) is 5.54. The number of allylic oxidation sites excluding steroid dienone is 5. The van der Waals surface area contributed by atoms with Crippen molar-refractivity contribution in [2.45, 2.75) is 53.4 Å². The van der Waals surface area contributed by atoms with Crippen LogP contribution in [-0.2, 0) is 14.3 Å². The van der Waals surface area contributed by atoms with Crippen molar-refractivity contribution in [2.75, 3.05) is 0 Å². The molecule has 0 fully saturated rings. The van der Waals surface area contributed by atoms with Crippen LogP contribution in [0.25, 0.3) is 6.08 Å². The highest BCUT2D eigenvalue weighted by molar-refractivity contribution is 6.05. The minimum absolute atomic E-state index is 0.0126. The Morgan fingerprint density at radius 3 is 1.97 bits per heavy atom. The first-order valence-corrected chi connectivity index (χ1v) is 10.6. The van der Waals surface area contributed by atoms with Gasteiger partial charge in [0.2, 0.25) is 0 Å². The Balaban J connectivity index is 1.83. The van der Waals surface area contributed by atoms with Crippen LogP contribution < -0.4 is 0 Å². The molecule has 0 radical (unpaired) electrons. The van der Waals surface area contributed by atoms with Crippen molar-refractivity contribution in [2.24, 2.45) is 16.7 Å². The summed E-state index contributed by atoms with van der Waals surface area (Å²) in [6.45, 7) is 8.15. The number of benzene rings is 1. The third-order valence-electron chi connectivity index (χ3n) is 6.23. The van der Waals surface area contributed by atoms with Crippen molar-refractivity contribution in [3.8, 4) is 0 Å². The second-order valence-corrected chi connectivity index (χ2v) is 10.3. The molecule has 0 atom stereocenters. The summed E-state index contributed by atoms with van der Waals surface area (Å²) in [6.07, 6.45) is 5.43. The molecule has 0 saturated heterocycles. The van der Waals surface area contributed by atoms with Crippen molar-refractivity contribution >= 4 is 23.3 Å². The molecule has 0 aromatic heterocycles. The fourth-order valence-corrected chi connectivity index (χ4v) is 4.91. The molecule has 31 heavy (non-hydrogen) atoms. The molecule has 162 valence electrons. The van der Waals surface area contributed by atoms with E-state index in [0.717, 1.165) is 0 Å². The van der Waals surface area contributed by atoms with Crippen LogP contribution >= 0.6 is 0 Å². The van der Waals surface area contributed by atoms with E-state index in [2.05, 4.69) is 0 Å². The molecule has 6 heteroatoms. The molecule has 0 saturated carbocycles. The maximum Gasteiger partial charge on any atom is 0.276 e. The van der Waals surface area contributed by atoms with Crippen molar-refractivity contribution in [1.82, 2.24) is 0 Å². The van der Waals surface area contributed by atoms with Gasteiger partial charge in [-0.3, -0.25) is 19.7 Å². The Morgan fingerprint density at radius 1 is 0.935 bits per heavy atom. The summed E-state index contributed by atoms with van der Waals surface area (Å²) in [5, 5.41) is 11.4. The van der Waals surface area contributed by atoms with E-state index < -0.39 is 10.8 Å². The number of nitrogens with zero attached hydrogens (tertiary/aromatic N) is 1. The largest absolute Gasteiger partial charge is 0.465 e. The van der Waals surface area contributed by atoms with Gasteiger partial charge in [-0.25, -0.2) is 0 Å². The Hall–Kier alpha value is -3.02. The minimum Gasteiger partial charge on any atom is -0.465 e. The molecule has 6 nitrogen and oxygen atoms in total. The van der Waals surface area contributed by atoms with Gasteiger partial charge in [0.25, 0.3) is 5.69 Å². The number of Topliss-reactive ketones (excluding diaryl/α,β-unsaturated/α-hetero) is 2. The maximum atomic E-state index is 13.1. The lowest BCUT2D eigenvalue weighted by atomic mass is 9.67. The number of carbonyl (C=O) groups excluding carboxylic acids is 2. The average Bonchev–Trinajstić information content (AvgIpc) is 2.63. The molecule has 2 aliphatic carbocycles. The predicted molar refractivity (Wildman–Crippen MR) is 117 cm³/mol. The zero-order chi connectivity index (χ0) is 22.6. The summed E-state index contributed by atoms with van der Waals surface area (Å²) < 4.78 is 6.23. The van der Waals surface area contributed by atoms with Gasteiger partial charge in [-0.15, -0.1) is 0 Å². The van der Waals surface area contributed by atoms with Crippen LogP contribution in [0.15, 0.2) is 53.0 Å². The van der Waals surface area contributed by atoms with E-state index in [1.165, 1.54) is 6.07 Å². The van der Waals surface area contributed by atoms with Crippen molar-refractivity contribution < 1.29 is 19.2 Å². The first-order valence-electron chi connectivity index (χ1n) is 10.6. The van der Waals surface area contributed by atoms with E-state index in [4.69, 9.17) is 4.74 Å². The van der Waals surface area contributed by atoms with E-state index in [9.17, 15) is 19.7 Å². The number of carbonyl (C=O) groups is 2. The molecule has 0 amide bonds. The molecule has 1 heterocycles. The lowest BCUT2D eigenvalue weighted by molar-refractivity contribution is -0.385. The first kappa shape index (κ1) is 21.2. The fourth-order valence-electron chi connectivity index (χ4n) is 4.91.